The smallest absolute Gasteiger partial charge is 0.362 e. The summed E-state index contributed by atoms with van der Waals surface area (Å²) in [6.45, 7) is 10.7. The summed E-state index contributed by atoms with van der Waals surface area (Å²) in [5.41, 5.74) is 0. The quantitative estimate of drug-likeness (QED) is 0.281. The molecule has 172 valence electrons. The van der Waals surface area contributed by atoms with Gasteiger partial charge in [0.15, 0.2) is 9.32 Å². The van der Waals surface area contributed by atoms with Crippen LogP contribution in [0.4, 0.5) is 0 Å². The minimum Gasteiger partial charge on any atom is -0.493 e. The molecule has 2 rings (SSSR count). The zero-order valence-electron chi connectivity index (χ0n) is 20.0. The Labute approximate surface area is 201 Å². The summed E-state index contributed by atoms with van der Waals surface area (Å²) in [5.74, 6) is 3.25. The molecule has 0 N–H and O–H groups in total. The van der Waals surface area contributed by atoms with Crippen LogP contribution in [0.15, 0.2) is 48.5 Å². The number of hydrogen-bond acceptors (Lipinski definition) is 2. The first-order valence-electron chi connectivity index (χ1n) is 12.3. The van der Waals surface area contributed by atoms with E-state index in [1.165, 1.54) is 58.5 Å². The van der Waals surface area contributed by atoms with Gasteiger partial charge in [0.05, 0.1) is 13.2 Å². The molecule has 0 saturated heterocycles. The second-order valence-corrected chi connectivity index (χ2v) is 11.4. The molecule has 0 spiro atoms. The van der Waals surface area contributed by atoms with Gasteiger partial charge in [-0.1, -0.05) is 84.4 Å². The summed E-state index contributed by atoms with van der Waals surface area (Å²) < 4.78 is 15.4. The predicted molar refractivity (Wildman–Crippen MR) is 128 cm³/mol. The van der Waals surface area contributed by atoms with Crippen LogP contribution < -0.4 is 30.7 Å². The van der Waals surface area contributed by atoms with Crippen molar-refractivity contribution in [2.75, 3.05) is 13.2 Å². The van der Waals surface area contributed by atoms with E-state index in [2.05, 4.69) is 76.2 Å². The van der Waals surface area contributed by atoms with Crippen LogP contribution in [-0.2, 0) is 0 Å². The van der Waals surface area contributed by atoms with Crippen LogP contribution >= 0.6 is 0 Å². The highest BCUT2D eigenvalue weighted by Crippen LogP contribution is 2.23. The Morgan fingerprint density at radius 2 is 1.35 bits per heavy atom. The van der Waals surface area contributed by atoms with Crippen LogP contribution in [0.25, 0.3) is 0 Å². The minimum absolute atomic E-state index is 0.269. The standard InChI is InChI=1S/C28H42IO2/c1-5-9-14-23(7-3)21-30-26-18-19-27(29-25-16-12-11-13-17-25)28(20-26)31-22-24(8-4)15-10-6-2/h11-13,16-20,23-24H,5-10,14-15,21-22H2,1-4H3/q+1. The van der Waals surface area contributed by atoms with Gasteiger partial charge in [0.2, 0.25) is 3.57 Å². The Morgan fingerprint density at radius 1 is 0.742 bits per heavy atom. The van der Waals surface area contributed by atoms with Crippen LogP contribution in [-0.4, -0.2) is 13.2 Å². The number of ether oxygens (including phenoxy) is 2. The summed E-state index contributed by atoms with van der Waals surface area (Å²) >= 11 is -0.269. The van der Waals surface area contributed by atoms with Crippen molar-refractivity contribution >= 4 is 0 Å². The van der Waals surface area contributed by atoms with E-state index in [1.54, 1.807) is 0 Å². The zero-order valence-corrected chi connectivity index (χ0v) is 22.2. The molecule has 2 aromatic carbocycles. The zero-order chi connectivity index (χ0) is 22.3. The summed E-state index contributed by atoms with van der Waals surface area (Å²) in [6.07, 6.45) is 9.93. The van der Waals surface area contributed by atoms with Crippen molar-refractivity contribution in [3.05, 3.63) is 55.7 Å². The lowest BCUT2D eigenvalue weighted by Crippen LogP contribution is -3.61. The maximum absolute atomic E-state index is 6.45. The largest absolute Gasteiger partial charge is 0.493 e. The molecule has 2 nitrogen and oxygen atoms in total. The molecule has 0 aliphatic carbocycles. The molecule has 2 atom stereocenters. The van der Waals surface area contributed by atoms with E-state index in [-0.39, 0.29) is 21.2 Å². The molecule has 0 radical (unpaired) electrons. The van der Waals surface area contributed by atoms with Crippen molar-refractivity contribution in [1.82, 2.24) is 0 Å². The number of benzene rings is 2. The van der Waals surface area contributed by atoms with Crippen LogP contribution in [0.3, 0.4) is 0 Å². The molecular weight excluding hydrogens is 495 g/mol. The van der Waals surface area contributed by atoms with Gasteiger partial charge in [0, 0.05) is 6.07 Å². The van der Waals surface area contributed by atoms with Crippen LogP contribution in [0.5, 0.6) is 11.5 Å². The van der Waals surface area contributed by atoms with Gasteiger partial charge in [-0.2, -0.15) is 0 Å². The fraction of sp³-hybridized carbons (Fsp3) is 0.571. The Morgan fingerprint density at radius 3 is 1.94 bits per heavy atom. The Bertz CT molecular complexity index is 716. The molecule has 0 aromatic heterocycles. The maximum atomic E-state index is 6.45. The van der Waals surface area contributed by atoms with Gasteiger partial charge in [0.1, 0.15) is 5.75 Å². The highest BCUT2D eigenvalue weighted by molar-refractivity contribution is 5.32. The van der Waals surface area contributed by atoms with Crippen molar-refractivity contribution < 1.29 is 30.7 Å². The second kappa shape index (κ2) is 15.6. The Balaban J connectivity index is 2.11. The summed E-state index contributed by atoms with van der Waals surface area (Å²) in [4.78, 5) is 0. The lowest BCUT2D eigenvalue weighted by Gasteiger charge is -2.17. The number of unbranched alkanes of at least 4 members (excludes halogenated alkanes) is 2. The average molecular weight is 538 g/mol. The second-order valence-electron chi connectivity index (χ2n) is 8.44. The van der Waals surface area contributed by atoms with E-state index in [4.69, 9.17) is 9.47 Å². The molecule has 0 amide bonds. The predicted octanol–water partition coefficient (Wildman–Crippen LogP) is 5.01. The molecule has 2 aromatic rings. The van der Waals surface area contributed by atoms with Crippen molar-refractivity contribution in [2.24, 2.45) is 11.8 Å². The fourth-order valence-electron chi connectivity index (χ4n) is 3.58. The van der Waals surface area contributed by atoms with Gasteiger partial charge in [-0.15, -0.1) is 0 Å². The van der Waals surface area contributed by atoms with Gasteiger partial charge in [0.25, 0.3) is 0 Å². The number of hydrogen-bond donors (Lipinski definition) is 0. The molecular formula is C28H42IO2+. The molecule has 2 unspecified atom stereocenters. The number of halogens is 1. The fourth-order valence-corrected chi connectivity index (χ4v) is 5.96. The van der Waals surface area contributed by atoms with E-state index in [1.807, 2.05) is 0 Å². The van der Waals surface area contributed by atoms with Gasteiger partial charge in [-0.3, -0.25) is 0 Å². The van der Waals surface area contributed by atoms with Crippen LogP contribution in [0, 0.1) is 19.0 Å². The number of rotatable bonds is 16. The van der Waals surface area contributed by atoms with E-state index >= 15 is 0 Å². The molecule has 0 fully saturated rings. The highest BCUT2D eigenvalue weighted by Gasteiger charge is 2.23. The third kappa shape index (κ3) is 9.84. The van der Waals surface area contributed by atoms with Crippen LogP contribution in [0.2, 0.25) is 0 Å². The highest BCUT2D eigenvalue weighted by atomic mass is 127. The molecule has 0 bridgehead atoms. The lowest BCUT2D eigenvalue weighted by molar-refractivity contribution is -0.598. The van der Waals surface area contributed by atoms with E-state index < -0.39 is 0 Å². The monoisotopic (exact) mass is 537 g/mol. The van der Waals surface area contributed by atoms with E-state index in [9.17, 15) is 0 Å². The van der Waals surface area contributed by atoms with Crippen LogP contribution in [0.1, 0.15) is 79.1 Å². The van der Waals surface area contributed by atoms with Crippen molar-refractivity contribution in [1.29, 1.82) is 0 Å². The van der Waals surface area contributed by atoms with E-state index in [0.29, 0.717) is 11.8 Å². The molecule has 0 aliphatic rings. The van der Waals surface area contributed by atoms with Gasteiger partial charge in [-0.05, 0) is 48.9 Å². The molecule has 3 heteroatoms. The molecule has 0 saturated carbocycles. The first-order valence-corrected chi connectivity index (χ1v) is 14.4. The van der Waals surface area contributed by atoms with Crippen molar-refractivity contribution in [3.8, 4) is 11.5 Å². The van der Waals surface area contributed by atoms with E-state index in [0.717, 1.165) is 24.7 Å². The SMILES string of the molecule is CCCCC(CC)COc1ccc([I+]c2ccccc2)c(OCC(CC)CCCC)c1. The molecule has 0 heterocycles. The maximum Gasteiger partial charge on any atom is 0.362 e. The lowest BCUT2D eigenvalue weighted by atomic mass is 10.0. The first kappa shape index (κ1) is 26.0. The van der Waals surface area contributed by atoms with Gasteiger partial charge >= 0.3 is 21.2 Å². The third-order valence-corrected chi connectivity index (χ3v) is 8.71. The Kier molecular flexibility index (Phi) is 13.1. The average Bonchev–Trinajstić information content (AvgIpc) is 2.81. The normalized spacial score (nSPS) is 13.0. The Hall–Kier alpha value is -1.23. The minimum atomic E-state index is -0.269. The summed E-state index contributed by atoms with van der Waals surface area (Å²) in [5, 5.41) is 0. The van der Waals surface area contributed by atoms with Gasteiger partial charge < -0.3 is 9.47 Å². The van der Waals surface area contributed by atoms with Gasteiger partial charge in [-0.25, -0.2) is 0 Å². The molecule has 0 aliphatic heterocycles. The topological polar surface area (TPSA) is 18.5 Å². The van der Waals surface area contributed by atoms with Crippen molar-refractivity contribution in [2.45, 2.75) is 79.1 Å². The summed E-state index contributed by atoms with van der Waals surface area (Å²) in [7, 11) is 0. The third-order valence-electron chi connectivity index (χ3n) is 5.89. The summed E-state index contributed by atoms with van der Waals surface area (Å²) in [6, 6.07) is 17.4. The van der Waals surface area contributed by atoms with Crippen molar-refractivity contribution in [3.63, 3.8) is 0 Å². The molecule has 31 heavy (non-hydrogen) atoms. The first-order chi connectivity index (χ1) is 15.2.